The molecule has 2 aromatic rings. The molecule has 2 aromatic carbocycles. The van der Waals surface area contributed by atoms with Crippen LogP contribution in [-0.2, 0) is 10.3 Å². The average molecular weight is 397 g/mol. The first-order chi connectivity index (χ1) is 14.3. The summed E-state index contributed by atoms with van der Waals surface area (Å²) in [7, 11) is 1.81. The highest BCUT2D eigenvalue weighted by Gasteiger charge is 2.38. The van der Waals surface area contributed by atoms with E-state index < -0.39 is 0 Å². The van der Waals surface area contributed by atoms with Crippen molar-refractivity contribution in [2.45, 2.75) is 43.4 Å². The lowest BCUT2D eigenvalue weighted by Gasteiger charge is -2.40. The molecule has 1 atom stereocenters. The van der Waals surface area contributed by atoms with Crippen LogP contribution in [0.3, 0.4) is 0 Å². The maximum atomic E-state index is 6.06. The van der Waals surface area contributed by atoms with Crippen LogP contribution >= 0.6 is 0 Å². The molecule has 1 fully saturated rings. The normalized spacial score (nSPS) is 27.6. The molecule has 0 spiro atoms. The van der Waals surface area contributed by atoms with E-state index in [0.717, 1.165) is 55.2 Å². The van der Waals surface area contributed by atoms with Crippen molar-refractivity contribution in [2.24, 2.45) is 0 Å². The fourth-order valence-electron chi connectivity index (χ4n) is 4.54. The third-order valence-corrected chi connectivity index (χ3v) is 6.28. The number of ether oxygens (including phenoxy) is 5. The number of nitrogens with one attached hydrogen (secondary N) is 1. The summed E-state index contributed by atoms with van der Waals surface area (Å²) in [5.74, 6) is 3.28. The number of benzene rings is 2. The molecule has 6 nitrogen and oxygen atoms in total. The van der Waals surface area contributed by atoms with Crippen LogP contribution in [0.2, 0.25) is 0 Å². The van der Waals surface area contributed by atoms with Gasteiger partial charge in [0.25, 0.3) is 0 Å². The predicted octanol–water partition coefficient (Wildman–Crippen LogP) is 3.63. The standard InChI is InChI=1S/C23H27NO5/c1-25-23(16-6-7-20-22(12-16)28-15-27-20)10-8-17(9-11-23)24-13-18-14-26-19-4-2-3-5-21(19)29-18/h2-7,12,17-18,24H,8-11,13-15H2,1H3/t17-,18-,23+/m0/s1. The van der Waals surface area contributed by atoms with Gasteiger partial charge >= 0.3 is 0 Å². The highest BCUT2D eigenvalue weighted by atomic mass is 16.7. The summed E-state index contributed by atoms with van der Waals surface area (Å²) >= 11 is 0. The average Bonchev–Trinajstić information content (AvgIpc) is 3.26. The molecule has 154 valence electrons. The van der Waals surface area contributed by atoms with E-state index in [0.29, 0.717) is 19.4 Å². The summed E-state index contributed by atoms with van der Waals surface area (Å²) in [6, 6.07) is 14.5. The highest BCUT2D eigenvalue weighted by Crippen LogP contribution is 2.44. The second kappa shape index (κ2) is 7.76. The third kappa shape index (κ3) is 3.63. The quantitative estimate of drug-likeness (QED) is 0.832. The largest absolute Gasteiger partial charge is 0.486 e. The van der Waals surface area contributed by atoms with Gasteiger partial charge in [0.1, 0.15) is 12.7 Å². The fourth-order valence-corrected chi connectivity index (χ4v) is 4.54. The van der Waals surface area contributed by atoms with Gasteiger partial charge in [-0.25, -0.2) is 0 Å². The van der Waals surface area contributed by atoms with Crippen molar-refractivity contribution in [3.8, 4) is 23.0 Å². The van der Waals surface area contributed by atoms with Gasteiger partial charge in [-0.15, -0.1) is 0 Å². The second-order valence-electron chi connectivity index (χ2n) is 7.95. The molecule has 1 aliphatic carbocycles. The fraction of sp³-hybridized carbons (Fsp3) is 0.478. The smallest absolute Gasteiger partial charge is 0.231 e. The zero-order valence-electron chi connectivity index (χ0n) is 16.7. The maximum Gasteiger partial charge on any atom is 0.231 e. The molecule has 0 aromatic heterocycles. The van der Waals surface area contributed by atoms with Gasteiger partial charge in [-0.05, 0) is 55.5 Å². The van der Waals surface area contributed by atoms with Crippen LogP contribution in [0, 0.1) is 0 Å². The van der Waals surface area contributed by atoms with Gasteiger partial charge in [-0.1, -0.05) is 18.2 Å². The van der Waals surface area contributed by atoms with Gasteiger partial charge < -0.3 is 29.0 Å². The molecule has 0 unspecified atom stereocenters. The van der Waals surface area contributed by atoms with Crippen LogP contribution < -0.4 is 24.3 Å². The van der Waals surface area contributed by atoms with Gasteiger partial charge in [0.05, 0.1) is 5.60 Å². The molecule has 6 heteroatoms. The van der Waals surface area contributed by atoms with Crippen LogP contribution in [0.5, 0.6) is 23.0 Å². The van der Waals surface area contributed by atoms with Crippen LogP contribution in [-0.4, -0.2) is 39.2 Å². The molecular formula is C23H27NO5. The lowest BCUT2D eigenvalue weighted by Crippen LogP contribution is -2.46. The van der Waals surface area contributed by atoms with Crippen molar-refractivity contribution >= 4 is 0 Å². The van der Waals surface area contributed by atoms with Crippen molar-refractivity contribution in [2.75, 3.05) is 27.1 Å². The second-order valence-corrected chi connectivity index (χ2v) is 7.95. The van der Waals surface area contributed by atoms with E-state index in [9.17, 15) is 0 Å². The van der Waals surface area contributed by atoms with Crippen LogP contribution in [0.4, 0.5) is 0 Å². The Balaban J connectivity index is 1.17. The Morgan fingerprint density at radius 2 is 1.72 bits per heavy atom. The van der Waals surface area contributed by atoms with Gasteiger partial charge in [0, 0.05) is 19.7 Å². The zero-order chi connectivity index (χ0) is 19.7. The van der Waals surface area contributed by atoms with Crippen molar-refractivity contribution in [3.05, 3.63) is 48.0 Å². The molecule has 2 aliphatic heterocycles. The van der Waals surface area contributed by atoms with E-state index in [4.69, 9.17) is 23.7 Å². The number of hydrogen-bond donors (Lipinski definition) is 1. The van der Waals surface area contributed by atoms with Crippen LogP contribution in [0.1, 0.15) is 31.2 Å². The summed E-state index contributed by atoms with van der Waals surface area (Å²) in [6.07, 6.45) is 4.06. The van der Waals surface area contributed by atoms with Crippen LogP contribution in [0.15, 0.2) is 42.5 Å². The zero-order valence-corrected chi connectivity index (χ0v) is 16.7. The Hall–Kier alpha value is -2.44. The van der Waals surface area contributed by atoms with E-state index >= 15 is 0 Å². The van der Waals surface area contributed by atoms with Gasteiger partial charge in [-0.3, -0.25) is 0 Å². The van der Waals surface area contributed by atoms with Crippen molar-refractivity contribution in [1.82, 2.24) is 5.32 Å². The monoisotopic (exact) mass is 397 g/mol. The molecule has 3 aliphatic rings. The van der Waals surface area contributed by atoms with E-state index in [1.807, 2.05) is 37.4 Å². The molecular weight excluding hydrogens is 370 g/mol. The number of rotatable bonds is 5. The lowest BCUT2D eigenvalue weighted by atomic mass is 9.77. The molecule has 2 heterocycles. The number of para-hydroxylation sites is 2. The third-order valence-electron chi connectivity index (χ3n) is 6.28. The highest BCUT2D eigenvalue weighted by molar-refractivity contribution is 5.46. The minimum Gasteiger partial charge on any atom is -0.486 e. The number of fused-ring (bicyclic) bond motifs is 2. The van der Waals surface area contributed by atoms with E-state index in [1.54, 1.807) is 0 Å². The molecule has 0 radical (unpaired) electrons. The molecule has 1 N–H and O–H groups in total. The lowest BCUT2D eigenvalue weighted by molar-refractivity contribution is -0.0508. The van der Waals surface area contributed by atoms with E-state index in [-0.39, 0.29) is 11.7 Å². The number of hydrogen-bond acceptors (Lipinski definition) is 6. The Labute approximate surface area is 171 Å². The molecule has 5 rings (SSSR count). The van der Waals surface area contributed by atoms with Crippen molar-refractivity contribution in [3.63, 3.8) is 0 Å². The summed E-state index contributed by atoms with van der Waals surface area (Å²) in [6.45, 7) is 1.65. The summed E-state index contributed by atoms with van der Waals surface area (Å²) < 4.78 is 28.9. The van der Waals surface area contributed by atoms with Gasteiger partial charge in [-0.2, -0.15) is 0 Å². The summed E-state index contributed by atoms with van der Waals surface area (Å²) in [4.78, 5) is 0. The Morgan fingerprint density at radius 3 is 2.55 bits per heavy atom. The Morgan fingerprint density at radius 1 is 0.966 bits per heavy atom. The topological polar surface area (TPSA) is 58.2 Å². The van der Waals surface area contributed by atoms with Crippen molar-refractivity contribution in [1.29, 1.82) is 0 Å². The Bertz CT molecular complexity index is 862. The van der Waals surface area contributed by atoms with Crippen molar-refractivity contribution < 1.29 is 23.7 Å². The summed E-state index contributed by atoms with van der Waals surface area (Å²) in [5, 5.41) is 3.67. The van der Waals surface area contributed by atoms with Crippen LogP contribution in [0.25, 0.3) is 0 Å². The molecule has 0 amide bonds. The maximum absolute atomic E-state index is 6.06. The molecule has 0 bridgehead atoms. The first-order valence-corrected chi connectivity index (χ1v) is 10.3. The molecule has 1 saturated carbocycles. The summed E-state index contributed by atoms with van der Waals surface area (Å²) in [5.41, 5.74) is 0.908. The van der Waals surface area contributed by atoms with Gasteiger partial charge in [0.2, 0.25) is 6.79 Å². The Kier molecular flexibility index (Phi) is 4.97. The first-order valence-electron chi connectivity index (χ1n) is 10.3. The first kappa shape index (κ1) is 18.6. The number of methoxy groups -OCH3 is 1. The predicted molar refractivity (Wildman–Crippen MR) is 108 cm³/mol. The molecule has 29 heavy (non-hydrogen) atoms. The SMILES string of the molecule is CO[C@]1(c2ccc3c(c2)OCO3)CC[C@H](NC[C@H]2COc3ccccc3O2)CC1. The van der Waals surface area contributed by atoms with E-state index in [1.165, 1.54) is 5.56 Å². The minimum absolute atomic E-state index is 0.0351. The van der Waals surface area contributed by atoms with E-state index in [2.05, 4.69) is 17.4 Å². The molecule has 0 saturated heterocycles. The minimum atomic E-state index is -0.261. The van der Waals surface area contributed by atoms with Gasteiger partial charge in [0.15, 0.2) is 23.0 Å².